The van der Waals surface area contributed by atoms with E-state index in [1.54, 1.807) is 45.4 Å². The molecule has 0 heterocycles. The second kappa shape index (κ2) is 11.0. The summed E-state index contributed by atoms with van der Waals surface area (Å²) < 4.78 is 15.7. The van der Waals surface area contributed by atoms with Gasteiger partial charge in [-0.25, -0.2) is 4.79 Å². The number of carbonyl (C=O) groups is 2. The predicted molar refractivity (Wildman–Crippen MR) is 118 cm³/mol. The minimum Gasteiger partial charge on any atom is -0.493 e. The van der Waals surface area contributed by atoms with Gasteiger partial charge < -0.3 is 19.5 Å². The van der Waals surface area contributed by atoms with Gasteiger partial charge in [0.05, 0.1) is 14.2 Å². The van der Waals surface area contributed by atoms with Gasteiger partial charge in [0.25, 0.3) is 5.91 Å². The third kappa shape index (κ3) is 6.11. The molecule has 0 spiro atoms. The molecule has 1 amide bonds. The van der Waals surface area contributed by atoms with Crippen LogP contribution in [0.4, 0.5) is 5.69 Å². The average molecular weight is 411 g/mol. The lowest BCUT2D eigenvalue weighted by atomic mass is 9.97. The van der Waals surface area contributed by atoms with Crippen LogP contribution in [0.1, 0.15) is 44.2 Å². The number of hydrogen-bond acceptors (Lipinski definition) is 5. The third-order valence-corrected chi connectivity index (χ3v) is 4.84. The summed E-state index contributed by atoms with van der Waals surface area (Å²) in [5, 5.41) is 2.86. The van der Waals surface area contributed by atoms with Crippen molar-refractivity contribution in [3.8, 4) is 11.5 Å². The maximum Gasteiger partial charge on any atom is 0.331 e. The standard InChI is InChI=1S/C24H29NO5/c1-6-16(2)19-9-7-8-10-20(19)25-24(27)17(3)30-23(26)14-12-18-11-13-21(28-4)22(15-18)29-5/h7-17H,6H2,1-5H3,(H,25,27)/b14-12+/t16-,17+/m0/s1. The highest BCUT2D eigenvalue weighted by molar-refractivity contribution is 5.97. The topological polar surface area (TPSA) is 73.9 Å². The number of para-hydroxylation sites is 1. The number of ether oxygens (including phenoxy) is 3. The van der Waals surface area contributed by atoms with E-state index in [1.807, 2.05) is 24.3 Å². The number of methoxy groups -OCH3 is 2. The van der Waals surface area contributed by atoms with E-state index in [1.165, 1.54) is 6.08 Å². The van der Waals surface area contributed by atoms with Gasteiger partial charge >= 0.3 is 5.97 Å². The molecule has 0 bridgehead atoms. The van der Waals surface area contributed by atoms with Crippen LogP contribution in [0.2, 0.25) is 0 Å². The number of amides is 1. The molecule has 0 saturated heterocycles. The molecule has 2 aromatic rings. The van der Waals surface area contributed by atoms with Crippen LogP contribution in [-0.4, -0.2) is 32.2 Å². The SMILES string of the molecule is CC[C@H](C)c1ccccc1NC(=O)[C@@H](C)OC(=O)/C=C/c1ccc(OC)c(OC)c1. The quantitative estimate of drug-likeness (QED) is 0.474. The van der Waals surface area contributed by atoms with Crippen molar-refractivity contribution in [2.24, 2.45) is 0 Å². The Morgan fingerprint density at radius 1 is 1.03 bits per heavy atom. The smallest absolute Gasteiger partial charge is 0.331 e. The van der Waals surface area contributed by atoms with Crippen LogP contribution in [0.3, 0.4) is 0 Å². The van der Waals surface area contributed by atoms with Crippen LogP contribution in [-0.2, 0) is 14.3 Å². The lowest BCUT2D eigenvalue weighted by Crippen LogP contribution is -2.29. The molecule has 0 aromatic heterocycles. The lowest BCUT2D eigenvalue weighted by molar-refractivity contribution is -0.148. The molecule has 6 nitrogen and oxygen atoms in total. The van der Waals surface area contributed by atoms with Gasteiger partial charge in [-0.15, -0.1) is 0 Å². The lowest BCUT2D eigenvalue weighted by Gasteiger charge is -2.17. The van der Waals surface area contributed by atoms with Gasteiger partial charge in [-0.3, -0.25) is 4.79 Å². The molecule has 2 atom stereocenters. The molecule has 0 unspecified atom stereocenters. The largest absolute Gasteiger partial charge is 0.493 e. The maximum atomic E-state index is 12.5. The van der Waals surface area contributed by atoms with Gasteiger partial charge in [0, 0.05) is 11.8 Å². The van der Waals surface area contributed by atoms with Crippen LogP contribution < -0.4 is 14.8 Å². The summed E-state index contributed by atoms with van der Waals surface area (Å²) in [7, 11) is 3.10. The number of carbonyl (C=O) groups excluding carboxylic acids is 2. The van der Waals surface area contributed by atoms with Gasteiger partial charge in [0.15, 0.2) is 17.6 Å². The molecule has 2 rings (SSSR count). The summed E-state index contributed by atoms with van der Waals surface area (Å²) in [6.07, 6.45) is 2.89. The highest BCUT2D eigenvalue weighted by Gasteiger charge is 2.19. The molecule has 2 aromatic carbocycles. The number of hydrogen-bond donors (Lipinski definition) is 1. The van der Waals surface area contributed by atoms with E-state index in [2.05, 4.69) is 19.2 Å². The predicted octanol–water partition coefficient (Wildman–Crippen LogP) is 4.80. The Morgan fingerprint density at radius 2 is 1.73 bits per heavy atom. The number of anilines is 1. The molecule has 160 valence electrons. The third-order valence-electron chi connectivity index (χ3n) is 4.84. The average Bonchev–Trinajstić information content (AvgIpc) is 2.77. The number of rotatable bonds is 9. The molecule has 0 saturated carbocycles. The first-order valence-corrected chi connectivity index (χ1v) is 9.90. The normalized spacial score (nSPS) is 12.8. The molecule has 0 aliphatic rings. The number of benzene rings is 2. The van der Waals surface area contributed by atoms with Crippen molar-refractivity contribution >= 4 is 23.6 Å². The number of esters is 1. The zero-order chi connectivity index (χ0) is 22.1. The van der Waals surface area contributed by atoms with Gasteiger partial charge in [0.1, 0.15) is 0 Å². The monoisotopic (exact) mass is 411 g/mol. The van der Waals surface area contributed by atoms with Crippen molar-refractivity contribution in [3.05, 3.63) is 59.7 Å². The second-order valence-corrected chi connectivity index (χ2v) is 6.91. The van der Waals surface area contributed by atoms with Crippen LogP contribution >= 0.6 is 0 Å². The van der Waals surface area contributed by atoms with Crippen molar-refractivity contribution in [3.63, 3.8) is 0 Å². The molecular weight excluding hydrogens is 382 g/mol. The van der Waals surface area contributed by atoms with Crippen LogP contribution in [0.5, 0.6) is 11.5 Å². The highest BCUT2D eigenvalue weighted by atomic mass is 16.5. The summed E-state index contributed by atoms with van der Waals surface area (Å²) in [5.74, 6) is 0.478. The minimum atomic E-state index is -0.933. The van der Waals surface area contributed by atoms with Crippen molar-refractivity contribution < 1.29 is 23.8 Å². The van der Waals surface area contributed by atoms with E-state index in [9.17, 15) is 9.59 Å². The van der Waals surface area contributed by atoms with E-state index in [0.29, 0.717) is 17.4 Å². The summed E-state index contributed by atoms with van der Waals surface area (Å²) in [5.41, 5.74) is 2.53. The van der Waals surface area contributed by atoms with Gasteiger partial charge in [-0.1, -0.05) is 38.1 Å². The van der Waals surface area contributed by atoms with Crippen LogP contribution in [0.25, 0.3) is 6.08 Å². The Hall–Kier alpha value is -3.28. The van der Waals surface area contributed by atoms with Crippen molar-refractivity contribution in [1.29, 1.82) is 0 Å². The highest BCUT2D eigenvalue weighted by Crippen LogP contribution is 2.28. The Balaban J connectivity index is 1.99. The first-order chi connectivity index (χ1) is 14.4. The number of nitrogens with one attached hydrogen (secondary N) is 1. The van der Waals surface area contributed by atoms with E-state index >= 15 is 0 Å². The van der Waals surface area contributed by atoms with Crippen LogP contribution in [0.15, 0.2) is 48.5 Å². The maximum absolute atomic E-state index is 12.5. The molecule has 1 N–H and O–H groups in total. The van der Waals surface area contributed by atoms with Gasteiger partial charge in [-0.05, 0) is 54.7 Å². The van der Waals surface area contributed by atoms with E-state index in [0.717, 1.165) is 23.2 Å². The molecule has 0 aliphatic carbocycles. The fraction of sp³-hybridized carbons (Fsp3) is 0.333. The minimum absolute atomic E-state index is 0.309. The Bertz CT molecular complexity index is 906. The van der Waals surface area contributed by atoms with Crippen molar-refractivity contribution in [2.75, 3.05) is 19.5 Å². The molecule has 6 heteroatoms. The fourth-order valence-electron chi connectivity index (χ4n) is 2.88. The summed E-state index contributed by atoms with van der Waals surface area (Å²) in [6, 6.07) is 12.9. The first kappa shape index (κ1) is 23.0. The van der Waals surface area contributed by atoms with Crippen LogP contribution in [0, 0.1) is 0 Å². The van der Waals surface area contributed by atoms with Gasteiger partial charge in [0.2, 0.25) is 0 Å². The molecule has 0 radical (unpaired) electrons. The Morgan fingerprint density at radius 3 is 2.40 bits per heavy atom. The van der Waals surface area contributed by atoms with Gasteiger partial charge in [-0.2, -0.15) is 0 Å². The fourth-order valence-corrected chi connectivity index (χ4v) is 2.88. The zero-order valence-electron chi connectivity index (χ0n) is 18.1. The summed E-state index contributed by atoms with van der Waals surface area (Å²) in [4.78, 5) is 24.6. The Kier molecular flexibility index (Phi) is 8.47. The van der Waals surface area contributed by atoms with Crippen molar-refractivity contribution in [2.45, 2.75) is 39.2 Å². The van der Waals surface area contributed by atoms with Crippen molar-refractivity contribution in [1.82, 2.24) is 0 Å². The molecule has 0 aliphatic heterocycles. The van der Waals surface area contributed by atoms with E-state index < -0.39 is 12.1 Å². The molecule has 30 heavy (non-hydrogen) atoms. The summed E-state index contributed by atoms with van der Waals surface area (Å²) >= 11 is 0. The molecule has 0 fully saturated rings. The Labute approximate surface area is 177 Å². The molecular formula is C24H29NO5. The summed E-state index contributed by atoms with van der Waals surface area (Å²) in [6.45, 7) is 5.75. The zero-order valence-corrected chi connectivity index (χ0v) is 18.1. The first-order valence-electron chi connectivity index (χ1n) is 9.90. The van der Waals surface area contributed by atoms with E-state index in [-0.39, 0.29) is 5.91 Å². The van der Waals surface area contributed by atoms with E-state index in [4.69, 9.17) is 14.2 Å². The second-order valence-electron chi connectivity index (χ2n) is 6.91.